The Labute approximate surface area is 174 Å². The molecule has 160 valence electrons. The zero-order chi connectivity index (χ0) is 21.9. The highest BCUT2D eigenvalue weighted by Gasteiger charge is 2.55. The highest BCUT2D eigenvalue weighted by Crippen LogP contribution is 2.38. The maximum absolute atomic E-state index is 12.8. The molecule has 4 amide bonds. The van der Waals surface area contributed by atoms with Gasteiger partial charge in [0.1, 0.15) is 12.1 Å². The number of esters is 1. The van der Waals surface area contributed by atoms with Gasteiger partial charge in [0.2, 0.25) is 0 Å². The molecule has 9 nitrogen and oxygen atoms in total. The van der Waals surface area contributed by atoms with E-state index in [1.807, 2.05) is 6.92 Å². The van der Waals surface area contributed by atoms with E-state index in [1.165, 1.54) is 6.92 Å². The summed E-state index contributed by atoms with van der Waals surface area (Å²) in [7, 11) is 0. The van der Waals surface area contributed by atoms with Crippen molar-refractivity contribution in [2.45, 2.75) is 45.1 Å². The number of urea groups is 1. The van der Waals surface area contributed by atoms with Crippen molar-refractivity contribution < 1.29 is 28.7 Å². The van der Waals surface area contributed by atoms with Gasteiger partial charge in [-0.05, 0) is 37.8 Å². The molecule has 0 aromatic heterocycles. The van der Waals surface area contributed by atoms with Crippen molar-refractivity contribution in [3.63, 3.8) is 0 Å². The SMILES string of the molecule is CC(=O)c1ccccc1NC(=O)COC(=O)CN1C(=O)N[C@]2(CCCC[C@H]2C)C1=O. The number of anilines is 1. The fourth-order valence-corrected chi connectivity index (χ4v) is 4.05. The summed E-state index contributed by atoms with van der Waals surface area (Å²) in [5.74, 6) is -2.15. The van der Waals surface area contributed by atoms with Crippen LogP contribution in [0.1, 0.15) is 49.9 Å². The van der Waals surface area contributed by atoms with E-state index < -0.39 is 42.5 Å². The Morgan fingerprint density at radius 2 is 1.97 bits per heavy atom. The van der Waals surface area contributed by atoms with Crippen LogP contribution < -0.4 is 10.6 Å². The molecule has 30 heavy (non-hydrogen) atoms. The molecule has 1 aromatic carbocycles. The number of imide groups is 1. The largest absolute Gasteiger partial charge is 0.454 e. The quantitative estimate of drug-likeness (QED) is 0.416. The molecule has 1 aliphatic carbocycles. The normalized spacial score (nSPS) is 23.3. The Balaban J connectivity index is 1.55. The molecule has 1 heterocycles. The molecule has 0 unspecified atom stereocenters. The van der Waals surface area contributed by atoms with Gasteiger partial charge in [0, 0.05) is 5.56 Å². The molecule has 9 heteroatoms. The molecule has 3 rings (SSSR count). The number of rotatable bonds is 6. The molecule has 2 aliphatic rings. The molecule has 0 bridgehead atoms. The van der Waals surface area contributed by atoms with Gasteiger partial charge in [0.25, 0.3) is 11.8 Å². The second-order valence-corrected chi connectivity index (χ2v) is 7.75. The van der Waals surface area contributed by atoms with Gasteiger partial charge in [-0.3, -0.25) is 24.1 Å². The Hall–Kier alpha value is -3.23. The van der Waals surface area contributed by atoms with Crippen molar-refractivity contribution in [2.24, 2.45) is 5.92 Å². The number of hydrogen-bond donors (Lipinski definition) is 2. The monoisotopic (exact) mass is 415 g/mol. The Kier molecular flexibility index (Phi) is 6.19. The fraction of sp³-hybridized carbons (Fsp3) is 0.476. The molecule has 2 atom stereocenters. The smallest absolute Gasteiger partial charge is 0.326 e. The summed E-state index contributed by atoms with van der Waals surface area (Å²) in [5, 5.41) is 5.27. The summed E-state index contributed by atoms with van der Waals surface area (Å²) in [6.45, 7) is 2.14. The van der Waals surface area contributed by atoms with Gasteiger partial charge in [-0.1, -0.05) is 31.9 Å². The molecule has 1 aromatic rings. The lowest BCUT2D eigenvalue weighted by Crippen LogP contribution is -2.54. The Bertz CT molecular complexity index is 898. The van der Waals surface area contributed by atoms with Crippen molar-refractivity contribution >= 4 is 35.3 Å². The highest BCUT2D eigenvalue weighted by atomic mass is 16.5. The minimum atomic E-state index is -0.955. The summed E-state index contributed by atoms with van der Waals surface area (Å²) < 4.78 is 4.93. The number of ether oxygens (including phenoxy) is 1. The lowest BCUT2D eigenvalue weighted by Gasteiger charge is -2.36. The van der Waals surface area contributed by atoms with Crippen LogP contribution in [0.15, 0.2) is 24.3 Å². The number of ketones is 1. The molecule has 1 aliphatic heterocycles. The number of para-hydroxylation sites is 1. The molecular weight excluding hydrogens is 390 g/mol. The van der Waals surface area contributed by atoms with Gasteiger partial charge in [-0.25, -0.2) is 4.79 Å². The number of hydrogen-bond acceptors (Lipinski definition) is 6. The zero-order valence-electron chi connectivity index (χ0n) is 17.0. The van der Waals surface area contributed by atoms with Gasteiger partial charge >= 0.3 is 12.0 Å². The van der Waals surface area contributed by atoms with Crippen molar-refractivity contribution in [1.29, 1.82) is 0 Å². The maximum atomic E-state index is 12.8. The van der Waals surface area contributed by atoms with Crippen LogP contribution in [-0.2, 0) is 19.1 Å². The molecule has 1 saturated heterocycles. The Morgan fingerprint density at radius 1 is 1.23 bits per heavy atom. The summed E-state index contributed by atoms with van der Waals surface area (Å²) >= 11 is 0. The van der Waals surface area contributed by atoms with Gasteiger partial charge in [-0.15, -0.1) is 0 Å². The number of amides is 4. The highest BCUT2D eigenvalue weighted by molar-refractivity contribution is 6.09. The number of benzene rings is 1. The summed E-state index contributed by atoms with van der Waals surface area (Å²) in [5.41, 5.74) is -0.305. The first kappa shape index (κ1) is 21.5. The summed E-state index contributed by atoms with van der Waals surface area (Å²) in [4.78, 5) is 61.8. The van der Waals surface area contributed by atoms with Gasteiger partial charge in [0.05, 0.1) is 5.69 Å². The van der Waals surface area contributed by atoms with Crippen LogP contribution in [0.3, 0.4) is 0 Å². The van der Waals surface area contributed by atoms with E-state index in [0.29, 0.717) is 17.7 Å². The van der Waals surface area contributed by atoms with Crippen LogP contribution >= 0.6 is 0 Å². The van der Waals surface area contributed by atoms with Crippen LogP contribution in [0.25, 0.3) is 0 Å². The Morgan fingerprint density at radius 3 is 2.67 bits per heavy atom. The van der Waals surface area contributed by atoms with Crippen LogP contribution in [0.5, 0.6) is 0 Å². The third-order valence-electron chi connectivity index (χ3n) is 5.73. The molecular formula is C21H25N3O6. The van der Waals surface area contributed by atoms with Crippen molar-refractivity contribution in [2.75, 3.05) is 18.5 Å². The van der Waals surface area contributed by atoms with E-state index in [9.17, 15) is 24.0 Å². The van der Waals surface area contributed by atoms with E-state index in [4.69, 9.17) is 4.74 Å². The standard InChI is InChI=1S/C21H25N3O6/c1-13-7-5-6-10-21(13)19(28)24(20(29)23-21)11-18(27)30-12-17(26)22-16-9-4-3-8-15(16)14(2)25/h3-4,8-9,13H,5-7,10-12H2,1-2H3,(H,22,26)(H,23,29)/t13-,21+/m1/s1. The summed E-state index contributed by atoms with van der Waals surface area (Å²) in [6.07, 6.45) is 3.20. The van der Waals surface area contributed by atoms with E-state index >= 15 is 0 Å². The van der Waals surface area contributed by atoms with Crippen LogP contribution in [0, 0.1) is 5.92 Å². The predicted molar refractivity (Wildman–Crippen MR) is 107 cm³/mol. The molecule has 0 radical (unpaired) electrons. The van der Waals surface area contributed by atoms with Crippen LogP contribution in [0.4, 0.5) is 10.5 Å². The molecule has 2 fully saturated rings. The number of nitrogens with zero attached hydrogens (tertiary/aromatic N) is 1. The predicted octanol–water partition coefficient (Wildman–Crippen LogP) is 1.87. The van der Waals surface area contributed by atoms with E-state index in [0.717, 1.165) is 24.2 Å². The number of carbonyl (C=O) groups is 5. The second kappa shape index (κ2) is 8.64. The molecule has 1 spiro atoms. The van der Waals surface area contributed by atoms with E-state index in [1.54, 1.807) is 24.3 Å². The van der Waals surface area contributed by atoms with Crippen LogP contribution in [-0.4, -0.2) is 53.2 Å². The van der Waals surface area contributed by atoms with Crippen molar-refractivity contribution in [1.82, 2.24) is 10.2 Å². The second-order valence-electron chi connectivity index (χ2n) is 7.75. The first-order chi connectivity index (χ1) is 14.2. The topological polar surface area (TPSA) is 122 Å². The fourth-order valence-electron chi connectivity index (χ4n) is 4.05. The van der Waals surface area contributed by atoms with Crippen molar-refractivity contribution in [3.05, 3.63) is 29.8 Å². The van der Waals surface area contributed by atoms with Crippen LogP contribution in [0.2, 0.25) is 0 Å². The number of carbonyl (C=O) groups excluding carboxylic acids is 5. The van der Waals surface area contributed by atoms with Gasteiger partial charge in [0.15, 0.2) is 12.4 Å². The number of Topliss-reactive ketones (excluding diaryl/α,β-unsaturated/α-hetero) is 1. The van der Waals surface area contributed by atoms with Gasteiger partial charge in [-0.2, -0.15) is 0 Å². The molecule has 2 N–H and O–H groups in total. The van der Waals surface area contributed by atoms with E-state index in [2.05, 4.69) is 10.6 Å². The average molecular weight is 415 g/mol. The first-order valence-electron chi connectivity index (χ1n) is 9.94. The third kappa shape index (κ3) is 4.19. The maximum Gasteiger partial charge on any atom is 0.326 e. The van der Waals surface area contributed by atoms with E-state index in [-0.39, 0.29) is 11.7 Å². The zero-order valence-corrected chi connectivity index (χ0v) is 17.0. The van der Waals surface area contributed by atoms with Crippen molar-refractivity contribution in [3.8, 4) is 0 Å². The number of nitrogens with one attached hydrogen (secondary N) is 2. The molecule has 1 saturated carbocycles. The minimum absolute atomic E-state index is 0.0177. The minimum Gasteiger partial charge on any atom is -0.454 e. The lowest BCUT2D eigenvalue weighted by molar-refractivity contribution is -0.150. The lowest BCUT2D eigenvalue weighted by atomic mass is 9.73. The average Bonchev–Trinajstić information content (AvgIpc) is 2.94. The first-order valence-corrected chi connectivity index (χ1v) is 9.94. The third-order valence-corrected chi connectivity index (χ3v) is 5.73. The summed E-state index contributed by atoms with van der Waals surface area (Å²) in [6, 6.07) is 5.85. The van der Waals surface area contributed by atoms with Gasteiger partial charge < -0.3 is 15.4 Å².